The quantitative estimate of drug-likeness (QED) is 0.478. The lowest BCUT2D eigenvalue weighted by Gasteiger charge is -2.31. The number of benzene rings is 2. The van der Waals surface area contributed by atoms with Crippen LogP contribution in [0.3, 0.4) is 0 Å². The molecule has 1 fully saturated rings. The van der Waals surface area contributed by atoms with Crippen molar-refractivity contribution in [1.29, 1.82) is 0 Å². The van der Waals surface area contributed by atoms with Crippen molar-refractivity contribution >= 4 is 39.2 Å². The van der Waals surface area contributed by atoms with Gasteiger partial charge in [0.25, 0.3) is 5.19 Å². The van der Waals surface area contributed by atoms with Gasteiger partial charge in [0.2, 0.25) is 5.91 Å². The van der Waals surface area contributed by atoms with E-state index in [4.69, 9.17) is 9.47 Å². The summed E-state index contributed by atoms with van der Waals surface area (Å²) in [6, 6.07) is 12.8. The highest BCUT2D eigenvalue weighted by molar-refractivity contribution is 7.99. The zero-order valence-corrected chi connectivity index (χ0v) is 18.3. The molecule has 0 N–H and O–H groups in total. The SMILES string of the molecule is COc1ccc(SCCC(=O)N2CCC(Oc3nc4c(F)cccc4s3)CC2)cc1. The lowest BCUT2D eigenvalue weighted by Crippen LogP contribution is -2.41. The number of hydrogen-bond acceptors (Lipinski definition) is 6. The molecule has 1 amide bonds. The normalized spacial score (nSPS) is 14.8. The van der Waals surface area contributed by atoms with Gasteiger partial charge in [-0.3, -0.25) is 4.79 Å². The number of thiazole rings is 1. The number of carbonyl (C=O) groups excluding carboxylic acids is 1. The van der Waals surface area contributed by atoms with Crippen LogP contribution in [0.25, 0.3) is 10.2 Å². The Balaban J connectivity index is 1.21. The van der Waals surface area contributed by atoms with E-state index in [-0.39, 0.29) is 17.8 Å². The lowest BCUT2D eigenvalue weighted by molar-refractivity contribution is -0.132. The molecule has 5 nitrogen and oxygen atoms in total. The Morgan fingerprint density at radius 2 is 2.00 bits per heavy atom. The molecule has 30 heavy (non-hydrogen) atoms. The maximum atomic E-state index is 13.8. The van der Waals surface area contributed by atoms with Gasteiger partial charge in [-0.25, -0.2) is 4.39 Å². The maximum absolute atomic E-state index is 13.8. The zero-order chi connectivity index (χ0) is 20.9. The molecule has 4 rings (SSSR count). The summed E-state index contributed by atoms with van der Waals surface area (Å²) < 4.78 is 25.7. The number of para-hydroxylation sites is 1. The van der Waals surface area contributed by atoms with Crippen LogP contribution < -0.4 is 9.47 Å². The Morgan fingerprint density at radius 3 is 2.70 bits per heavy atom. The average molecular weight is 447 g/mol. The van der Waals surface area contributed by atoms with Gasteiger partial charge in [0.15, 0.2) is 0 Å². The van der Waals surface area contributed by atoms with E-state index in [0.29, 0.717) is 30.2 Å². The molecule has 3 aromatic rings. The molecule has 1 aromatic heterocycles. The predicted octanol–water partition coefficient (Wildman–Crippen LogP) is 5.00. The summed E-state index contributed by atoms with van der Waals surface area (Å²) in [4.78, 5) is 19.8. The predicted molar refractivity (Wildman–Crippen MR) is 118 cm³/mol. The summed E-state index contributed by atoms with van der Waals surface area (Å²) in [5.74, 6) is 1.43. The molecule has 0 spiro atoms. The number of likely N-dealkylation sites (tertiary alicyclic amines) is 1. The fourth-order valence-corrected chi connectivity index (χ4v) is 5.13. The van der Waals surface area contributed by atoms with E-state index in [1.54, 1.807) is 24.9 Å². The Hall–Kier alpha value is -2.32. The Kier molecular flexibility index (Phi) is 6.74. The molecular weight excluding hydrogens is 423 g/mol. The number of amides is 1. The van der Waals surface area contributed by atoms with Gasteiger partial charge in [-0.05, 0) is 36.4 Å². The molecule has 158 valence electrons. The average Bonchev–Trinajstić information content (AvgIpc) is 3.18. The first kappa shape index (κ1) is 20.9. The fourth-order valence-electron chi connectivity index (χ4n) is 3.40. The van der Waals surface area contributed by atoms with E-state index in [9.17, 15) is 9.18 Å². The molecule has 1 saturated heterocycles. The number of halogens is 1. The largest absolute Gasteiger partial charge is 0.497 e. The van der Waals surface area contributed by atoms with Gasteiger partial charge in [-0.15, -0.1) is 11.8 Å². The van der Waals surface area contributed by atoms with Crippen LogP contribution in [-0.4, -0.2) is 47.8 Å². The fraction of sp³-hybridized carbons (Fsp3) is 0.364. The van der Waals surface area contributed by atoms with E-state index >= 15 is 0 Å². The monoisotopic (exact) mass is 446 g/mol. The highest BCUT2D eigenvalue weighted by Crippen LogP contribution is 2.31. The van der Waals surface area contributed by atoms with Crippen LogP contribution in [0.5, 0.6) is 10.9 Å². The summed E-state index contributed by atoms with van der Waals surface area (Å²) >= 11 is 3.03. The third-order valence-corrected chi connectivity index (χ3v) is 6.98. The van der Waals surface area contributed by atoms with Crippen LogP contribution in [0.4, 0.5) is 4.39 Å². The van der Waals surface area contributed by atoms with Gasteiger partial charge in [0.1, 0.15) is 23.2 Å². The second-order valence-electron chi connectivity index (χ2n) is 7.04. The number of carbonyl (C=O) groups is 1. The second kappa shape index (κ2) is 9.66. The van der Waals surface area contributed by atoms with Crippen molar-refractivity contribution in [3.05, 3.63) is 48.3 Å². The molecule has 2 aromatic carbocycles. The number of piperidine rings is 1. The highest BCUT2D eigenvalue weighted by Gasteiger charge is 2.24. The van der Waals surface area contributed by atoms with E-state index in [1.807, 2.05) is 35.2 Å². The summed E-state index contributed by atoms with van der Waals surface area (Å²) in [5, 5.41) is 0.496. The van der Waals surface area contributed by atoms with Crippen LogP contribution in [0, 0.1) is 5.82 Å². The maximum Gasteiger partial charge on any atom is 0.274 e. The summed E-state index contributed by atoms with van der Waals surface area (Å²) in [5.41, 5.74) is 0.361. The third kappa shape index (κ3) is 5.05. The molecule has 0 atom stereocenters. The number of nitrogens with zero attached hydrogens (tertiary/aromatic N) is 2. The number of rotatable bonds is 7. The van der Waals surface area contributed by atoms with E-state index in [0.717, 1.165) is 33.9 Å². The first-order valence-corrected chi connectivity index (χ1v) is 11.7. The van der Waals surface area contributed by atoms with Crippen LogP contribution in [-0.2, 0) is 4.79 Å². The third-order valence-electron chi connectivity index (χ3n) is 5.06. The number of thioether (sulfide) groups is 1. The van der Waals surface area contributed by atoms with Crippen LogP contribution in [0.1, 0.15) is 19.3 Å². The van der Waals surface area contributed by atoms with Crippen LogP contribution in [0.2, 0.25) is 0 Å². The summed E-state index contributed by atoms with van der Waals surface area (Å²) in [6.45, 7) is 1.35. The first-order valence-electron chi connectivity index (χ1n) is 9.89. The minimum atomic E-state index is -0.327. The first-order chi connectivity index (χ1) is 14.6. The lowest BCUT2D eigenvalue weighted by atomic mass is 10.1. The van der Waals surface area contributed by atoms with Crippen LogP contribution in [0.15, 0.2) is 47.4 Å². The van der Waals surface area contributed by atoms with Gasteiger partial charge in [0, 0.05) is 43.0 Å². The van der Waals surface area contributed by atoms with E-state index in [1.165, 1.54) is 17.4 Å². The molecule has 0 unspecified atom stereocenters. The van der Waals surface area contributed by atoms with Gasteiger partial charge >= 0.3 is 0 Å². The van der Waals surface area contributed by atoms with Crippen molar-refractivity contribution in [2.24, 2.45) is 0 Å². The summed E-state index contributed by atoms with van der Waals surface area (Å²) in [6.07, 6.45) is 2.04. The second-order valence-corrected chi connectivity index (χ2v) is 9.20. The minimum Gasteiger partial charge on any atom is -0.497 e. The molecule has 0 radical (unpaired) electrons. The number of fused-ring (bicyclic) bond motifs is 1. The van der Waals surface area contributed by atoms with Gasteiger partial charge in [-0.1, -0.05) is 17.4 Å². The van der Waals surface area contributed by atoms with E-state index in [2.05, 4.69) is 4.98 Å². The molecule has 8 heteroatoms. The topological polar surface area (TPSA) is 51.7 Å². The van der Waals surface area contributed by atoms with Gasteiger partial charge < -0.3 is 14.4 Å². The van der Waals surface area contributed by atoms with Crippen molar-refractivity contribution in [2.75, 3.05) is 26.0 Å². The molecule has 0 bridgehead atoms. The van der Waals surface area contributed by atoms with Crippen molar-refractivity contribution in [2.45, 2.75) is 30.3 Å². The molecule has 1 aliphatic heterocycles. The standard InChI is InChI=1S/C22H23FN2O3S2/c1-27-15-5-7-17(8-6-15)29-14-11-20(26)25-12-9-16(10-13-25)28-22-24-21-18(23)3-2-4-19(21)30-22/h2-8,16H,9-14H2,1H3. The molecule has 0 aliphatic carbocycles. The minimum absolute atomic E-state index is 0.00588. The Labute approximate surface area is 183 Å². The molecule has 2 heterocycles. The zero-order valence-electron chi connectivity index (χ0n) is 16.7. The summed E-state index contributed by atoms with van der Waals surface area (Å²) in [7, 11) is 1.65. The number of aromatic nitrogens is 1. The molecule has 1 aliphatic rings. The van der Waals surface area contributed by atoms with Gasteiger partial charge in [-0.2, -0.15) is 4.98 Å². The number of methoxy groups -OCH3 is 1. The van der Waals surface area contributed by atoms with Gasteiger partial charge in [0.05, 0.1) is 11.8 Å². The Morgan fingerprint density at radius 1 is 1.23 bits per heavy atom. The number of ether oxygens (including phenoxy) is 2. The van der Waals surface area contributed by atoms with Crippen molar-refractivity contribution in [3.8, 4) is 10.9 Å². The Bertz CT molecular complexity index is 1000. The molecule has 0 saturated carbocycles. The van der Waals surface area contributed by atoms with Crippen molar-refractivity contribution in [3.63, 3.8) is 0 Å². The van der Waals surface area contributed by atoms with E-state index < -0.39 is 0 Å². The highest BCUT2D eigenvalue weighted by atomic mass is 32.2. The molecular formula is C22H23FN2O3S2. The van der Waals surface area contributed by atoms with Crippen LogP contribution >= 0.6 is 23.1 Å². The number of hydrogen-bond donors (Lipinski definition) is 0. The smallest absolute Gasteiger partial charge is 0.274 e. The van der Waals surface area contributed by atoms with Crippen molar-refractivity contribution in [1.82, 2.24) is 9.88 Å². The van der Waals surface area contributed by atoms with Crippen molar-refractivity contribution < 1.29 is 18.7 Å².